The van der Waals surface area contributed by atoms with E-state index in [2.05, 4.69) is 4.74 Å². The predicted molar refractivity (Wildman–Crippen MR) is 34.3 cm³/mol. The van der Waals surface area contributed by atoms with E-state index in [-0.39, 0.29) is 6.42 Å². The van der Waals surface area contributed by atoms with E-state index in [1.165, 1.54) is 0 Å². The maximum Gasteiger partial charge on any atom is 0.402 e. The van der Waals surface area contributed by atoms with Crippen LogP contribution in [0.25, 0.3) is 0 Å². The number of ether oxygens (including phenoxy) is 1. The smallest absolute Gasteiger partial charge is 0.402 e. The van der Waals surface area contributed by atoms with Gasteiger partial charge in [0.15, 0.2) is 5.92 Å². The number of cyclic esters (lactones) is 1. The molecule has 0 N–H and O–H groups in total. The normalized spacial score (nSPS) is 30.5. The minimum absolute atomic E-state index is 0.223. The summed E-state index contributed by atoms with van der Waals surface area (Å²) in [6.45, 7) is 1.69. The first-order valence-electron chi connectivity index (χ1n) is 3.72. The average molecular weight is 182 g/mol. The lowest BCUT2D eigenvalue weighted by molar-refractivity contribution is -0.185. The standard InChI is InChI=1S/C7H9F3O2/c1-2-4-3-5(6(11)12-4)7(8,9)10/h4-5H,2-3H2,1H3. The van der Waals surface area contributed by atoms with Crippen LogP contribution in [0, 0.1) is 5.92 Å². The Bertz CT molecular complexity index is 188. The zero-order valence-electron chi connectivity index (χ0n) is 6.52. The molecule has 0 aromatic rings. The highest BCUT2D eigenvalue weighted by molar-refractivity contribution is 5.75. The summed E-state index contributed by atoms with van der Waals surface area (Å²) in [5.74, 6) is -3.03. The van der Waals surface area contributed by atoms with Crippen LogP contribution in [0.15, 0.2) is 0 Å². The first-order chi connectivity index (χ1) is 5.45. The van der Waals surface area contributed by atoms with Crippen LogP contribution < -0.4 is 0 Å². The number of carbonyl (C=O) groups is 1. The molecule has 12 heavy (non-hydrogen) atoms. The van der Waals surface area contributed by atoms with Crippen LogP contribution in [0.1, 0.15) is 19.8 Å². The molecule has 2 unspecified atom stereocenters. The van der Waals surface area contributed by atoms with Crippen LogP contribution in [0.2, 0.25) is 0 Å². The van der Waals surface area contributed by atoms with Gasteiger partial charge in [0.25, 0.3) is 0 Å². The van der Waals surface area contributed by atoms with E-state index in [1.807, 2.05) is 0 Å². The Morgan fingerprint density at radius 2 is 2.17 bits per heavy atom. The lowest BCUT2D eigenvalue weighted by atomic mass is 10.0. The molecular weight excluding hydrogens is 173 g/mol. The molecule has 0 saturated carbocycles. The van der Waals surface area contributed by atoms with Gasteiger partial charge in [-0.15, -0.1) is 0 Å². The predicted octanol–water partition coefficient (Wildman–Crippen LogP) is 1.89. The molecule has 1 aliphatic rings. The zero-order valence-corrected chi connectivity index (χ0v) is 6.52. The first-order valence-corrected chi connectivity index (χ1v) is 3.72. The molecule has 1 aliphatic heterocycles. The van der Waals surface area contributed by atoms with Gasteiger partial charge >= 0.3 is 12.1 Å². The summed E-state index contributed by atoms with van der Waals surface area (Å²) in [7, 11) is 0. The fraction of sp³-hybridized carbons (Fsp3) is 0.857. The van der Waals surface area contributed by atoms with Crippen LogP contribution in [-0.2, 0) is 9.53 Å². The van der Waals surface area contributed by atoms with Crippen molar-refractivity contribution in [3.8, 4) is 0 Å². The van der Waals surface area contributed by atoms with Crippen LogP contribution in [-0.4, -0.2) is 18.2 Å². The maximum absolute atomic E-state index is 12.0. The summed E-state index contributed by atoms with van der Waals surface area (Å²) >= 11 is 0. The Labute approximate surface area is 67.7 Å². The summed E-state index contributed by atoms with van der Waals surface area (Å²) in [6, 6.07) is 0. The second kappa shape index (κ2) is 2.95. The molecule has 1 fully saturated rings. The van der Waals surface area contributed by atoms with Crippen molar-refractivity contribution in [1.29, 1.82) is 0 Å². The van der Waals surface area contributed by atoms with E-state index in [0.717, 1.165) is 0 Å². The number of hydrogen-bond donors (Lipinski definition) is 0. The Morgan fingerprint density at radius 3 is 2.42 bits per heavy atom. The lowest BCUT2D eigenvalue weighted by Gasteiger charge is -2.09. The largest absolute Gasteiger partial charge is 0.462 e. The van der Waals surface area contributed by atoms with Crippen LogP contribution >= 0.6 is 0 Å². The molecule has 0 aromatic carbocycles. The third-order valence-corrected chi connectivity index (χ3v) is 1.92. The van der Waals surface area contributed by atoms with Crippen LogP contribution in [0.3, 0.4) is 0 Å². The van der Waals surface area contributed by atoms with Gasteiger partial charge in [0.1, 0.15) is 6.10 Å². The number of hydrogen-bond acceptors (Lipinski definition) is 2. The molecule has 5 heteroatoms. The zero-order chi connectivity index (χ0) is 9.35. The quantitative estimate of drug-likeness (QED) is 0.579. The molecule has 2 nitrogen and oxygen atoms in total. The summed E-state index contributed by atoms with van der Waals surface area (Å²) in [6.07, 6.45) is -4.78. The molecule has 2 atom stereocenters. The Kier molecular flexibility index (Phi) is 2.30. The highest BCUT2D eigenvalue weighted by atomic mass is 19.4. The van der Waals surface area contributed by atoms with Gasteiger partial charge in [0.05, 0.1) is 0 Å². The van der Waals surface area contributed by atoms with Crippen molar-refractivity contribution in [2.24, 2.45) is 5.92 Å². The van der Waals surface area contributed by atoms with Crippen molar-refractivity contribution in [2.75, 3.05) is 0 Å². The molecule has 0 bridgehead atoms. The van der Waals surface area contributed by atoms with Gasteiger partial charge in [0.2, 0.25) is 0 Å². The highest BCUT2D eigenvalue weighted by Crippen LogP contribution is 2.36. The van der Waals surface area contributed by atoms with Crippen molar-refractivity contribution >= 4 is 5.97 Å². The number of carbonyl (C=O) groups excluding carboxylic acids is 1. The Balaban J connectivity index is 2.64. The molecule has 0 amide bonds. The fourth-order valence-corrected chi connectivity index (χ4v) is 1.17. The van der Waals surface area contributed by atoms with E-state index in [0.29, 0.717) is 6.42 Å². The van der Waals surface area contributed by atoms with Gasteiger partial charge in [-0.25, -0.2) is 0 Å². The minimum Gasteiger partial charge on any atom is -0.462 e. The van der Waals surface area contributed by atoms with Gasteiger partial charge in [-0.05, 0) is 6.42 Å². The van der Waals surface area contributed by atoms with Crippen molar-refractivity contribution in [1.82, 2.24) is 0 Å². The molecule has 0 radical (unpaired) electrons. The van der Waals surface area contributed by atoms with E-state index < -0.39 is 24.2 Å². The second-order valence-corrected chi connectivity index (χ2v) is 2.80. The summed E-state index contributed by atoms with van der Waals surface area (Å²) < 4.78 is 40.6. The number of rotatable bonds is 1. The van der Waals surface area contributed by atoms with E-state index in [1.54, 1.807) is 6.92 Å². The molecule has 70 valence electrons. The Morgan fingerprint density at radius 1 is 1.58 bits per heavy atom. The number of halogens is 3. The van der Waals surface area contributed by atoms with Gasteiger partial charge in [-0.2, -0.15) is 13.2 Å². The monoisotopic (exact) mass is 182 g/mol. The number of alkyl halides is 3. The van der Waals surface area contributed by atoms with Gasteiger partial charge < -0.3 is 4.74 Å². The van der Waals surface area contributed by atoms with Crippen molar-refractivity contribution in [3.05, 3.63) is 0 Å². The summed E-state index contributed by atoms with van der Waals surface area (Å²) in [5, 5.41) is 0. The van der Waals surface area contributed by atoms with Crippen LogP contribution in [0.5, 0.6) is 0 Å². The molecule has 1 rings (SSSR count). The molecule has 0 spiro atoms. The topological polar surface area (TPSA) is 26.3 Å². The maximum atomic E-state index is 12.0. The Hall–Kier alpha value is -0.740. The van der Waals surface area contributed by atoms with Gasteiger partial charge in [-0.1, -0.05) is 6.92 Å². The van der Waals surface area contributed by atoms with E-state index in [9.17, 15) is 18.0 Å². The second-order valence-electron chi connectivity index (χ2n) is 2.80. The summed E-state index contributed by atoms with van der Waals surface area (Å²) in [5.41, 5.74) is 0. The van der Waals surface area contributed by atoms with Crippen LogP contribution in [0.4, 0.5) is 13.2 Å². The van der Waals surface area contributed by atoms with E-state index >= 15 is 0 Å². The van der Waals surface area contributed by atoms with Crippen molar-refractivity contribution in [2.45, 2.75) is 32.0 Å². The molecule has 1 heterocycles. The van der Waals surface area contributed by atoms with Crippen molar-refractivity contribution < 1.29 is 22.7 Å². The van der Waals surface area contributed by atoms with E-state index in [4.69, 9.17) is 0 Å². The minimum atomic E-state index is -4.44. The summed E-state index contributed by atoms with van der Waals surface area (Å²) in [4.78, 5) is 10.6. The molecule has 0 aliphatic carbocycles. The van der Waals surface area contributed by atoms with Gasteiger partial charge in [-0.3, -0.25) is 4.79 Å². The first kappa shape index (κ1) is 9.35. The fourth-order valence-electron chi connectivity index (χ4n) is 1.17. The van der Waals surface area contributed by atoms with Crippen molar-refractivity contribution in [3.63, 3.8) is 0 Å². The molecule has 1 saturated heterocycles. The number of esters is 1. The third kappa shape index (κ3) is 1.70. The highest BCUT2D eigenvalue weighted by Gasteiger charge is 2.51. The SMILES string of the molecule is CCC1CC(C(F)(F)F)C(=O)O1. The molecular formula is C7H9F3O2. The lowest BCUT2D eigenvalue weighted by Crippen LogP contribution is -2.26. The third-order valence-electron chi connectivity index (χ3n) is 1.92. The molecule has 0 aromatic heterocycles. The van der Waals surface area contributed by atoms with Gasteiger partial charge in [0, 0.05) is 6.42 Å². The average Bonchev–Trinajstić information content (AvgIpc) is 2.29.